The molecule has 0 saturated carbocycles. The van der Waals surface area contributed by atoms with Gasteiger partial charge in [0.25, 0.3) is 11.1 Å². The predicted octanol–water partition coefficient (Wildman–Crippen LogP) is 7.89. The number of imide groups is 1. The molecule has 0 bridgehead atoms. The first-order chi connectivity index (χ1) is 16.4. The molecule has 4 nitrogen and oxygen atoms in total. The Labute approximate surface area is 215 Å². The molecule has 1 aliphatic heterocycles. The van der Waals surface area contributed by atoms with E-state index in [0.29, 0.717) is 26.5 Å². The van der Waals surface area contributed by atoms with E-state index in [0.717, 1.165) is 39.4 Å². The first-order valence-corrected chi connectivity index (χ1v) is 12.4. The third kappa shape index (κ3) is 4.49. The van der Waals surface area contributed by atoms with Crippen molar-refractivity contribution in [3.8, 4) is 0 Å². The van der Waals surface area contributed by atoms with Gasteiger partial charge in [-0.2, -0.15) is 0 Å². The summed E-state index contributed by atoms with van der Waals surface area (Å²) in [7, 11) is 0. The van der Waals surface area contributed by atoms with Gasteiger partial charge < -0.3 is 4.57 Å². The van der Waals surface area contributed by atoms with Crippen LogP contribution < -0.4 is 0 Å². The molecule has 170 valence electrons. The van der Waals surface area contributed by atoms with Gasteiger partial charge in [0, 0.05) is 34.2 Å². The third-order valence-electron chi connectivity index (χ3n) is 5.60. The Balaban J connectivity index is 1.46. The lowest BCUT2D eigenvalue weighted by Crippen LogP contribution is -2.27. The number of rotatable bonds is 5. The molecule has 2 heterocycles. The molecule has 3 aromatic carbocycles. The highest BCUT2D eigenvalue weighted by Crippen LogP contribution is 2.36. The highest BCUT2D eigenvalue weighted by Gasteiger charge is 2.35. The average Bonchev–Trinajstić information content (AvgIpc) is 3.30. The summed E-state index contributed by atoms with van der Waals surface area (Å²) in [5.41, 5.74) is 3.61. The predicted molar refractivity (Wildman–Crippen MR) is 140 cm³/mol. The first-order valence-electron chi connectivity index (χ1n) is 10.4. The SMILES string of the molecule is O=C1S/C(=C/c2cn(Cc3ccccc3Cl)c3ccccc23)C(=O)N1Cc1ccc(Cl)c(Cl)c1. The van der Waals surface area contributed by atoms with Crippen LogP contribution in [0.4, 0.5) is 4.79 Å². The van der Waals surface area contributed by atoms with Crippen molar-refractivity contribution in [3.05, 3.63) is 110 Å². The van der Waals surface area contributed by atoms with Crippen molar-refractivity contribution < 1.29 is 9.59 Å². The summed E-state index contributed by atoms with van der Waals surface area (Å²) in [4.78, 5) is 27.3. The van der Waals surface area contributed by atoms with Crippen LogP contribution in [0.25, 0.3) is 17.0 Å². The molecule has 1 aliphatic rings. The van der Waals surface area contributed by atoms with Crippen molar-refractivity contribution in [2.75, 3.05) is 0 Å². The Hall–Kier alpha value is -2.70. The lowest BCUT2D eigenvalue weighted by atomic mass is 10.1. The fraction of sp³-hybridized carbons (Fsp3) is 0.0769. The van der Waals surface area contributed by atoms with Gasteiger partial charge >= 0.3 is 0 Å². The molecule has 5 rings (SSSR count). The Morgan fingerprint density at radius 3 is 2.38 bits per heavy atom. The Morgan fingerprint density at radius 2 is 1.59 bits per heavy atom. The highest BCUT2D eigenvalue weighted by molar-refractivity contribution is 8.18. The van der Waals surface area contributed by atoms with E-state index in [1.54, 1.807) is 24.3 Å². The summed E-state index contributed by atoms with van der Waals surface area (Å²) in [6.45, 7) is 0.722. The van der Waals surface area contributed by atoms with Crippen LogP contribution in [0.3, 0.4) is 0 Å². The van der Waals surface area contributed by atoms with Gasteiger partial charge in [-0.05, 0) is 53.2 Å². The number of hydrogen-bond donors (Lipinski definition) is 0. The normalized spacial score (nSPS) is 15.1. The van der Waals surface area contributed by atoms with Crippen molar-refractivity contribution in [1.82, 2.24) is 9.47 Å². The van der Waals surface area contributed by atoms with Crippen LogP contribution in [-0.4, -0.2) is 20.6 Å². The smallest absolute Gasteiger partial charge is 0.293 e. The number of fused-ring (bicyclic) bond motifs is 1. The minimum Gasteiger partial charge on any atom is -0.342 e. The van der Waals surface area contributed by atoms with Crippen LogP contribution in [-0.2, 0) is 17.9 Å². The van der Waals surface area contributed by atoms with E-state index < -0.39 is 0 Å². The molecule has 8 heteroatoms. The Kier molecular flexibility index (Phi) is 6.45. The van der Waals surface area contributed by atoms with Crippen LogP contribution in [0.2, 0.25) is 15.1 Å². The van der Waals surface area contributed by atoms with Gasteiger partial charge in [0.15, 0.2) is 0 Å². The number of carbonyl (C=O) groups is 2. The van der Waals surface area contributed by atoms with E-state index in [-0.39, 0.29) is 17.7 Å². The zero-order valence-electron chi connectivity index (χ0n) is 17.7. The number of thioether (sulfide) groups is 1. The van der Waals surface area contributed by atoms with E-state index in [1.807, 2.05) is 54.7 Å². The van der Waals surface area contributed by atoms with E-state index in [4.69, 9.17) is 34.8 Å². The lowest BCUT2D eigenvalue weighted by molar-refractivity contribution is -0.123. The highest BCUT2D eigenvalue weighted by atomic mass is 35.5. The molecule has 2 amide bonds. The van der Waals surface area contributed by atoms with Crippen molar-refractivity contribution in [2.45, 2.75) is 13.1 Å². The molecule has 1 fully saturated rings. The average molecular weight is 528 g/mol. The molecule has 0 atom stereocenters. The minimum atomic E-state index is -0.330. The minimum absolute atomic E-state index is 0.132. The molecule has 0 N–H and O–H groups in total. The standard InChI is InChI=1S/C26H17Cl3N2O2S/c27-20-7-3-1-5-17(20)14-30-15-18(19-6-2-4-8-23(19)30)12-24-25(32)31(26(33)34-24)13-16-9-10-21(28)22(29)11-16/h1-12,15H,13-14H2/b24-12+. The van der Waals surface area contributed by atoms with E-state index in [1.165, 1.54) is 4.90 Å². The third-order valence-corrected chi connectivity index (χ3v) is 7.62. The van der Waals surface area contributed by atoms with Crippen molar-refractivity contribution >= 4 is 74.7 Å². The maximum absolute atomic E-state index is 13.1. The molecular formula is C26H17Cl3N2O2S. The fourth-order valence-electron chi connectivity index (χ4n) is 3.93. The first kappa shape index (κ1) is 23.1. The monoisotopic (exact) mass is 526 g/mol. The molecular weight excluding hydrogens is 511 g/mol. The zero-order chi connectivity index (χ0) is 23.8. The summed E-state index contributed by atoms with van der Waals surface area (Å²) in [6.07, 6.45) is 3.77. The number of benzene rings is 3. The van der Waals surface area contributed by atoms with E-state index >= 15 is 0 Å². The zero-order valence-corrected chi connectivity index (χ0v) is 20.8. The molecule has 0 unspecified atom stereocenters. The van der Waals surface area contributed by atoms with Gasteiger partial charge in [-0.15, -0.1) is 0 Å². The molecule has 0 radical (unpaired) electrons. The maximum atomic E-state index is 13.1. The molecule has 4 aromatic rings. The largest absolute Gasteiger partial charge is 0.342 e. The van der Waals surface area contributed by atoms with Gasteiger partial charge in [-0.3, -0.25) is 14.5 Å². The topological polar surface area (TPSA) is 42.3 Å². The molecule has 0 spiro atoms. The van der Waals surface area contributed by atoms with Gasteiger partial charge in [0.1, 0.15) is 0 Å². The van der Waals surface area contributed by atoms with Crippen molar-refractivity contribution in [1.29, 1.82) is 0 Å². The summed E-state index contributed by atoms with van der Waals surface area (Å²) in [5.74, 6) is -0.330. The molecule has 0 aliphatic carbocycles. The summed E-state index contributed by atoms with van der Waals surface area (Å²) in [5, 5.41) is 2.18. The number of halogens is 3. The van der Waals surface area contributed by atoms with Crippen LogP contribution in [0.5, 0.6) is 0 Å². The Morgan fingerprint density at radius 1 is 0.824 bits per heavy atom. The lowest BCUT2D eigenvalue weighted by Gasteiger charge is -2.12. The summed E-state index contributed by atoms with van der Waals surface area (Å²) < 4.78 is 2.10. The fourth-order valence-corrected chi connectivity index (χ4v) is 5.27. The maximum Gasteiger partial charge on any atom is 0.293 e. The number of aromatic nitrogens is 1. The van der Waals surface area contributed by atoms with Gasteiger partial charge in [-0.1, -0.05) is 77.3 Å². The quantitative estimate of drug-likeness (QED) is 0.248. The number of carbonyl (C=O) groups excluding carboxylic acids is 2. The summed E-state index contributed by atoms with van der Waals surface area (Å²) >= 11 is 19.4. The van der Waals surface area contributed by atoms with E-state index in [9.17, 15) is 9.59 Å². The Bertz CT molecular complexity index is 1480. The van der Waals surface area contributed by atoms with Gasteiger partial charge in [0.2, 0.25) is 0 Å². The second kappa shape index (κ2) is 9.51. The number of nitrogens with zero attached hydrogens (tertiary/aromatic N) is 2. The summed E-state index contributed by atoms with van der Waals surface area (Å²) in [6, 6.07) is 20.7. The number of amides is 2. The van der Waals surface area contributed by atoms with Crippen molar-refractivity contribution in [3.63, 3.8) is 0 Å². The number of hydrogen-bond acceptors (Lipinski definition) is 3. The number of para-hydroxylation sites is 1. The van der Waals surface area contributed by atoms with Crippen LogP contribution in [0, 0.1) is 0 Å². The van der Waals surface area contributed by atoms with Crippen LogP contribution >= 0.6 is 46.6 Å². The molecule has 1 saturated heterocycles. The molecule has 34 heavy (non-hydrogen) atoms. The van der Waals surface area contributed by atoms with Gasteiger partial charge in [0.05, 0.1) is 21.5 Å². The second-order valence-corrected chi connectivity index (χ2v) is 10.1. The van der Waals surface area contributed by atoms with Crippen molar-refractivity contribution in [2.24, 2.45) is 0 Å². The molecule has 1 aromatic heterocycles. The van der Waals surface area contributed by atoms with Gasteiger partial charge in [-0.25, -0.2) is 0 Å². The second-order valence-electron chi connectivity index (χ2n) is 7.84. The van der Waals surface area contributed by atoms with Crippen LogP contribution in [0.1, 0.15) is 16.7 Å². The van der Waals surface area contributed by atoms with Crippen LogP contribution in [0.15, 0.2) is 77.8 Å². The van der Waals surface area contributed by atoms with E-state index in [2.05, 4.69) is 4.57 Å².